The van der Waals surface area contributed by atoms with Crippen molar-refractivity contribution in [1.29, 1.82) is 0 Å². The van der Waals surface area contributed by atoms with Crippen LogP contribution in [0.5, 0.6) is 5.75 Å². The van der Waals surface area contributed by atoms with Crippen LogP contribution in [0.3, 0.4) is 0 Å². The van der Waals surface area contributed by atoms with E-state index < -0.39 is 0 Å². The molecule has 52 heavy (non-hydrogen) atoms. The van der Waals surface area contributed by atoms with Crippen molar-refractivity contribution in [1.82, 2.24) is 14.9 Å². The lowest BCUT2D eigenvalue weighted by Crippen LogP contribution is -2.33. The van der Waals surface area contributed by atoms with Crippen LogP contribution in [0.4, 0.5) is 5.69 Å². The number of carbonyl (C=O) groups is 1. The number of benzene rings is 2. The summed E-state index contributed by atoms with van der Waals surface area (Å²) >= 11 is 0. The van der Waals surface area contributed by atoms with E-state index >= 15 is 0 Å². The van der Waals surface area contributed by atoms with Crippen molar-refractivity contribution in [3.8, 4) is 5.75 Å². The molecular formula is C45H76N5O2+. The quantitative estimate of drug-likeness (QED) is 0.111. The molecular weight excluding hydrogens is 643 g/mol. The van der Waals surface area contributed by atoms with Gasteiger partial charge in [-0.1, -0.05) is 85.1 Å². The predicted molar refractivity (Wildman–Crippen MR) is 223 cm³/mol. The van der Waals surface area contributed by atoms with Crippen LogP contribution >= 0.6 is 0 Å². The molecule has 2 aliphatic rings. The highest BCUT2D eigenvalue weighted by atomic mass is 16.5. The first-order valence-electron chi connectivity index (χ1n) is 20.5. The van der Waals surface area contributed by atoms with Crippen LogP contribution in [0.2, 0.25) is 0 Å². The Morgan fingerprint density at radius 1 is 1.04 bits per heavy atom. The summed E-state index contributed by atoms with van der Waals surface area (Å²) < 4.78 is 6.93. The summed E-state index contributed by atoms with van der Waals surface area (Å²) in [7, 11) is 8.87. The van der Waals surface area contributed by atoms with Crippen molar-refractivity contribution >= 4 is 12.0 Å². The van der Waals surface area contributed by atoms with E-state index in [0.29, 0.717) is 31.0 Å². The Morgan fingerprint density at radius 3 is 2.35 bits per heavy atom. The molecule has 3 aromatic rings. The van der Waals surface area contributed by atoms with Crippen molar-refractivity contribution in [3.63, 3.8) is 0 Å². The standard InChI is InChI=1S/C22H29N3O2.C15H27N2.C6H14.C2H6/c1-2-27-21-14-17(5-7-20(21)16-3-4-16)18-13-19(25(15-18)11-12-26)6-8-22-23-9-10-24-22;1-6-7-11-16(2)15-10-8-9-14(12-15)13-17(3,4)5;1-4-5-6(2)3;1-2/h5,7,9-10,12,14,16,18-19H,2-4,6,8,11,13,15H2,1H3,(H,23,24);8-10,12H,6-7,11,13H2,1-5H3;6H,4-5H2,1-3H3;1-2H3/q;+1;;. The zero-order valence-corrected chi connectivity index (χ0v) is 35.1. The number of carbonyl (C=O) groups excluding carboxylic acids is 1. The summed E-state index contributed by atoms with van der Waals surface area (Å²) in [6.45, 7) is 19.4. The van der Waals surface area contributed by atoms with Crippen LogP contribution in [-0.2, 0) is 17.8 Å². The number of hydrogen-bond acceptors (Lipinski definition) is 5. The Balaban J connectivity index is 0.000000321. The van der Waals surface area contributed by atoms with E-state index in [1.54, 1.807) is 6.20 Å². The fourth-order valence-electron chi connectivity index (χ4n) is 6.94. The number of aryl methyl sites for hydroxylation is 1. The average Bonchev–Trinajstić information content (AvgIpc) is 3.67. The summed E-state index contributed by atoms with van der Waals surface area (Å²) in [4.78, 5) is 23.4. The molecule has 1 aliphatic carbocycles. The van der Waals surface area contributed by atoms with Gasteiger partial charge in [0.2, 0.25) is 0 Å². The van der Waals surface area contributed by atoms with Crippen molar-refractivity contribution in [2.24, 2.45) is 5.92 Å². The molecule has 5 rings (SSSR count). The van der Waals surface area contributed by atoms with E-state index in [9.17, 15) is 4.79 Å². The maximum absolute atomic E-state index is 11.2. The third-order valence-corrected chi connectivity index (χ3v) is 9.65. The van der Waals surface area contributed by atoms with Gasteiger partial charge in [0, 0.05) is 56.2 Å². The van der Waals surface area contributed by atoms with Gasteiger partial charge >= 0.3 is 0 Å². The highest BCUT2D eigenvalue weighted by molar-refractivity contribution is 5.52. The lowest BCUT2D eigenvalue weighted by Gasteiger charge is -2.25. The van der Waals surface area contributed by atoms with Crippen LogP contribution in [-0.4, -0.2) is 86.1 Å². The van der Waals surface area contributed by atoms with E-state index in [1.807, 2.05) is 20.0 Å². The number of anilines is 1. The molecule has 1 saturated carbocycles. The largest absolute Gasteiger partial charge is 0.494 e. The Kier molecular flexibility index (Phi) is 21.0. The Hall–Kier alpha value is -3.16. The Bertz CT molecular complexity index is 1360. The van der Waals surface area contributed by atoms with Gasteiger partial charge in [-0.25, -0.2) is 4.98 Å². The van der Waals surface area contributed by atoms with Gasteiger partial charge in [-0.3, -0.25) is 4.90 Å². The molecule has 1 saturated heterocycles. The number of hydrogen-bond donors (Lipinski definition) is 1. The first-order valence-corrected chi connectivity index (χ1v) is 20.5. The van der Waals surface area contributed by atoms with Crippen LogP contribution in [0.15, 0.2) is 54.9 Å². The first-order chi connectivity index (χ1) is 25.0. The van der Waals surface area contributed by atoms with Crippen molar-refractivity contribution in [2.75, 3.05) is 59.3 Å². The van der Waals surface area contributed by atoms with Gasteiger partial charge in [0.15, 0.2) is 0 Å². The van der Waals surface area contributed by atoms with Gasteiger partial charge in [0.1, 0.15) is 24.4 Å². The van der Waals surface area contributed by atoms with Gasteiger partial charge < -0.3 is 23.9 Å². The molecule has 2 atom stereocenters. The fraction of sp³-hybridized carbons (Fsp3) is 0.644. The number of ether oxygens (including phenoxy) is 1. The number of rotatable bonds is 17. The number of nitrogens with one attached hydrogen (secondary N) is 1. The molecule has 292 valence electrons. The minimum Gasteiger partial charge on any atom is -0.494 e. The van der Waals surface area contributed by atoms with Gasteiger partial charge in [0.05, 0.1) is 34.3 Å². The van der Waals surface area contributed by atoms with E-state index in [0.717, 1.165) is 67.2 Å². The minimum absolute atomic E-state index is 0.420. The molecule has 1 aromatic heterocycles. The van der Waals surface area contributed by atoms with Gasteiger partial charge in [-0.15, -0.1) is 0 Å². The third kappa shape index (κ3) is 16.7. The summed E-state index contributed by atoms with van der Waals surface area (Å²) in [6.07, 6.45) is 15.5. The average molecular weight is 719 g/mol. The zero-order valence-electron chi connectivity index (χ0n) is 35.1. The molecule has 0 radical (unpaired) electrons. The maximum atomic E-state index is 11.2. The normalized spacial score (nSPS) is 16.9. The number of aromatic nitrogens is 2. The van der Waals surface area contributed by atoms with E-state index in [-0.39, 0.29) is 0 Å². The highest BCUT2D eigenvalue weighted by Crippen LogP contribution is 2.46. The molecule has 2 fully saturated rings. The summed E-state index contributed by atoms with van der Waals surface area (Å²) in [6, 6.07) is 16.2. The lowest BCUT2D eigenvalue weighted by atomic mass is 9.93. The van der Waals surface area contributed by atoms with Gasteiger partial charge in [-0.2, -0.15) is 0 Å². The second-order valence-corrected chi connectivity index (χ2v) is 15.9. The molecule has 1 N–H and O–H groups in total. The Labute approximate surface area is 319 Å². The summed E-state index contributed by atoms with van der Waals surface area (Å²) in [5.74, 6) is 4.14. The SMILES string of the molecule is CC.CCCC(C)C.CCCCN(C)c1cccc(C[N+](C)(C)C)c1.CCOc1cc(C2CC(CCc3ncc[nH]3)N(CC=O)C2)ccc1C1CC1. The molecule has 2 unspecified atom stereocenters. The zero-order chi connectivity index (χ0) is 38.5. The van der Waals surface area contributed by atoms with Crippen LogP contribution in [0.1, 0.15) is 134 Å². The second-order valence-electron chi connectivity index (χ2n) is 15.9. The second kappa shape index (κ2) is 24.2. The molecule has 2 aromatic carbocycles. The predicted octanol–water partition coefficient (Wildman–Crippen LogP) is 10.3. The highest BCUT2D eigenvalue weighted by Gasteiger charge is 2.34. The summed E-state index contributed by atoms with van der Waals surface area (Å²) in [5, 5.41) is 0. The lowest BCUT2D eigenvalue weighted by molar-refractivity contribution is -0.884. The number of H-pyrrole nitrogens is 1. The van der Waals surface area contributed by atoms with Crippen molar-refractivity contribution in [2.45, 2.75) is 131 Å². The van der Waals surface area contributed by atoms with E-state index in [1.165, 1.54) is 60.9 Å². The third-order valence-electron chi connectivity index (χ3n) is 9.65. The molecule has 0 bridgehead atoms. The number of nitrogens with zero attached hydrogens (tertiary/aromatic N) is 4. The first kappa shape index (κ1) is 45.0. The fourth-order valence-corrected chi connectivity index (χ4v) is 6.94. The number of aldehydes is 1. The number of unbranched alkanes of at least 4 members (excludes halogenated alkanes) is 1. The van der Waals surface area contributed by atoms with Crippen LogP contribution in [0.25, 0.3) is 0 Å². The van der Waals surface area contributed by atoms with Crippen LogP contribution in [0, 0.1) is 5.92 Å². The monoisotopic (exact) mass is 719 g/mol. The maximum Gasteiger partial charge on any atom is 0.133 e. The van der Waals surface area contributed by atoms with E-state index in [4.69, 9.17) is 4.74 Å². The molecule has 7 heteroatoms. The van der Waals surface area contributed by atoms with Crippen molar-refractivity contribution < 1.29 is 14.0 Å². The number of aromatic amines is 1. The van der Waals surface area contributed by atoms with Crippen molar-refractivity contribution in [3.05, 3.63) is 77.4 Å². The van der Waals surface area contributed by atoms with Crippen LogP contribution < -0.4 is 9.64 Å². The summed E-state index contributed by atoms with van der Waals surface area (Å²) in [5.41, 5.74) is 5.47. The minimum atomic E-state index is 0.420. The Morgan fingerprint density at radius 2 is 1.79 bits per heavy atom. The molecule has 0 spiro atoms. The molecule has 0 amide bonds. The molecule has 1 aliphatic heterocycles. The molecule has 7 nitrogen and oxygen atoms in total. The topological polar surface area (TPSA) is 61.5 Å². The molecule has 2 heterocycles. The van der Waals surface area contributed by atoms with Gasteiger partial charge in [-0.05, 0) is 86.1 Å². The number of imidazole rings is 1. The van der Waals surface area contributed by atoms with E-state index in [2.05, 4.69) is 125 Å². The smallest absolute Gasteiger partial charge is 0.133 e. The number of quaternary nitrogens is 1. The number of likely N-dealkylation sites (tertiary alicyclic amines) is 1. The van der Waals surface area contributed by atoms with Gasteiger partial charge in [0.25, 0.3) is 0 Å².